The molecule has 0 radical (unpaired) electrons. The van der Waals surface area contributed by atoms with Crippen molar-refractivity contribution < 1.29 is 23.5 Å². The molecule has 1 aliphatic rings. The molecule has 1 atom stereocenters. The van der Waals surface area contributed by atoms with E-state index < -0.39 is 29.3 Å². The second-order valence-electron chi connectivity index (χ2n) is 6.48. The van der Waals surface area contributed by atoms with Crippen LogP contribution in [0.5, 0.6) is 0 Å². The lowest BCUT2D eigenvalue weighted by Crippen LogP contribution is -2.31. The van der Waals surface area contributed by atoms with Crippen molar-refractivity contribution in [3.8, 4) is 0 Å². The molecule has 0 saturated carbocycles. The number of nitrogens with zero attached hydrogens (tertiary/aromatic N) is 1. The lowest BCUT2D eigenvalue weighted by Gasteiger charge is -2.27. The largest absolute Gasteiger partial charge is 0.503 e. The zero-order valence-electron chi connectivity index (χ0n) is 14.9. The second kappa shape index (κ2) is 6.81. The predicted molar refractivity (Wildman–Crippen MR) is 100 cm³/mol. The molecule has 3 aromatic rings. The first-order valence-corrected chi connectivity index (χ1v) is 8.65. The van der Waals surface area contributed by atoms with E-state index in [1.165, 1.54) is 35.4 Å². The second-order valence-corrected chi connectivity index (χ2v) is 6.48. The first-order valence-electron chi connectivity index (χ1n) is 8.65. The summed E-state index contributed by atoms with van der Waals surface area (Å²) in [7, 11) is 0. The van der Waals surface area contributed by atoms with Gasteiger partial charge in [-0.1, -0.05) is 30.3 Å². The predicted octanol–water partition coefficient (Wildman–Crippen LogP) is 4.51. The third-order valence-corrected chi connectivity index (χ3v) is 4.77. The summed E-state index contributed by atoms with van der Waals surface area (Å²) < 4.78 is 19.0. The number of furan rings is 1. The van der Waals surface area contributed by atoms with Crippen LogP contribution in [0.15, 0.2) is 82.7 Å². The molecule has 6 heteroatoms. The quantitative estimate of drug-likeness (QED) is 0.679. The number of carbonyl (C=O) groups is 2. The van der Waals surface area contributed by atoms with E-state index in [0.717, 1.165) is 5.56 Å². The van der Waals surface area contributed by atoms with Crippen molar-refractivity contribution >= 4 is 17.4 Å². The van der Waals surface area contributed by atoms with Gasteiger partial charge in [0.05, 0.1) is 17.9 Å². The Kier molecular flexibility index (Phi) is 4.31. The lowest BCUT2D eigenvalue weighted by atomic mass is 9.92. The first-order chi connectivity index (χ1) is 13.5. The third-order valence-electron chi connectivity index (χ3n) is 4.77. The number of anilines is 1. The molecule has 0 fully saturated rings. The van der Waals surface area contributed by atoms with E-state index in [1.807, 2.05) is 19.1 Å². The molecule has 1 aliphatic heterocycles. The van der Waals surface area contributed by atoms with Gasteiger partial charge in [0.25, 0.3) is 5.91 Å². The van der Waals surface area contributed by atoms with Gasteiger partial charge in [-0.25, -0.2) is 4.39 Å². The Balaban J connectivity index is 1.92. The maximum atomic E-state index is 13.8. The van der Waals surface area contributed by atoms with E-state index in [2.05, 4.69) is 0 Å². The summed E-state index contributed by atoms with van der Waals surface area (Å²) in [5, 5.41) is 10.6. The number of hydrogen-bond acceptors (Lipinski definition) is 4. The third kappa shape index (κ3) is 2.79. The maximum absolute atomic E-state index is 13.8. The van der Waals surface area contributed by atoms with Crippen molar-refractivity contribution in [1.82, 2.24) is 0 Å². The van der Waals surface area contributed by atoms with Gasteiger partial charge in [0, 0.05) is 5.69 Å². The Labute approximate surface area is 160 Å². The van der Waals surface area contributed by atoms with E-state index in [9.17, 15) is 19.1 Å². The summed E-state index contributed by atoms with van der Waals surface area (Å²) >= 11 is 0. The number of hydrogen-bond donors (Lipinski definition) is 1. The van der Waals surface area contributed by atoms with Crippen LogP contribution in [0.4, 0.5) is 10.1 Å². The van der Waals surface area contributed by atoms with Crippen LogP contribution in [0.3, 0.4) is 0 Å². The minimum Gasteiger partial charge on any atom is -0.503 e. The molecule has 1 N–H and O–H groups in total. The molecule has 1 amide bonds. The Morgan fingerprint density at radius 3 is 2.57 bits per heavy atom. The molecular formula is C22H16FNO4. The molecule has 0 bridgehead atoms. The van der Waals surface area contributed by atoms with Gasteiger partial charge in [-0.3, -0.25) is 14.5 Å². The molecule has 28 heavy (non-hydrogen) atoms. The highest BCUT2D eigenvalue weighted by atomic mass is 19.1. The standard InChI is InChI=1S/C22H16FNO4/c1-13-6-2-3-9-16(13)19-18(20(25)17-10-5-11-28-17)21(26)22(27)24(19)15-8-4-7-14(23)12-15/h2-12,19,26H,1H3. The van der Waals surface area contributed by atoms with Crippen LogP contribution in [0, 0.1) is 12.7 Å². The molecular weight excluding hydrogens is 361 g/mol. The highest BCUT2D eigenvalue weighted by molar-refractivity contribution is 6.20. The van der Waals surface area contributed by atoms with Crippen molar-refractivity contribution in [2.45, 2.75) is 13.0 Å². The monoisotopic (exact) mass is 377 g/mol. The number of halogens is 1. The number of Topliss-reactive ketones (excluding diaryl/α,β-unsaturated/α-hetero) is 1. The Morgan fingerprint density at radius 1 is 1.11 bits per heavy atom. The Hall–Kier alpha value is -3.67. The summed E-state index contributed by atoms with van der Waals surface area (Å²) in [6.07, 6.45) is 1.34. The first kappa shape index (κ1) is 17.7. The molecule has 4 rings (SSSR count). The average molecular weight is 377 g/mol. The van der Waals surface area contributed by atoms with E-state index in [1.54, 1.807) is 24.3 Å². The summed E-state index contributed by atoms with van der Waals surface area (Å²) in [4.78, 5) is 27.2. The molecule has 2 aromatic carbocycles. The lowest BCUT2D eigenvalue weighted by molar-refractivity contribution is -0.117. The number of rotatable bonds is 4. The fraction of sp³-hybridized carbons (Fsp3) is 0.0909. The highest BCUT2D eigenvalue weighted by Crippen LogP contribution is 2.42. The van der Waals surface area contributed by atoms with Gasteiger partial charge in [-0.15, -0.1) is 0 Å². The number of benzene rings is 2. The molecule has 1 unspecified atom stereocenters. The number of ketones is 1. The van der Waals surface area contributed by atoms with Gasteiger partial charge in [-0.05, 0) is 48.4 Å². The van der Waals surface area contributed by atoms with Crippen LogP contribution in [-0.4, -0.2) is 16.8 Å². The Morgan fingerprint density at radius 2 is 1.89 bits per heavy atom. The average Bonchev–Trinajstić information content (AvgIpc) is 3.30. The summed E-state index contributed by atoms with van der Waals surface area (Å²) in [5.74, 6) is -2.55. The summed E-state index contributed by atoms with van der Waals surface area (Å²) in [6.45, 7) is 1.84. The number of amides is 1. The molecule has 1 aromatic heterocycles. The normalized spacial score (nSPS) is 16.7. The summed E-state index contributed by atoms with van der Waals surface area (Å²) in [5.41, 5.74) is 1.62. The van der Waals surface area contributed by atoms with Gasteiger partial charge in [0.15, 0.2) is 11.5 Å². The Bertz CT molecular complexity index is 1100. The number of carbonyl (C=O) groups excluding carboxylic acids is 2. The fourth-order valence-electron chi connectivity index (χ4n) is 3.46. The molecule has 0 spiro atoms. The van der Waals surface area contributed by atoms with Gasteiger partial charge >= 0.3 is 0 Å². The van der Waals surface area contributed by atoms with Crippen molar-refractivity contribution in [3.63, 3.8) is 0 Å². The van der Waals surface area contributed by atoms with Crippen LogP contribution in [0.25, 0.3) is 0 Å². The van der Waals surface area contributed by atoms with Crippen molar-refractivity contribution in [2.24, 2.45) is 0 Å². The maximum Gasteiger partial charge on any atom is 0.294 e. The van der Waals surface area contributed by atoms with E-state index in [-0.39, 0.29) is 17.0 Å². The van der Waals surface area contributed by atoms with E-state index in [0.29, 0.717) is 5.56 Å². The SMILES string of the molecule is Cc1ccccc1C1C(C(=O)c2ccco2)=C(O)C(=O)N1c1cccc(F)c1. The molecule has 5 nitrogen and oxygen atoms in total. The van der Waals surface area contributed by atoms with Gasteiger partial charge in [0.1, 0.15) is 5.82 Å². The number of aliphatic hydroxyl groups excluding tert-OH is 1. The van der Waals surface area contributed by atoms with Crippen molar-refractivity contribution in [2.75, 3.05) is 4.90 Å². The van der Waals surface area contributed by atoms with Gasteiger partial charge in [-0.2, -0.15) is 0 Å². The van der Waals surface area contributed by atoms with Gasteiger partial charge < -0.3 is 9.52 Å². The highest BCUT2D eigenvalue weighted by Gasteiger charge is 2.45. The molecule has 0 aliphatic carbocycles. The van der Waals surface area contributed by atoms with E-state index in [4.69, 9.17) is 4.42 Å². The van der Waals surface area contributed by atoms with Crippen molar-refractivity contribution in [3.05, 3.63) is 101 Å². The van der Waals surface area contributed by atoms with Gasteiger partial charge in [0.2, 0.25) is 5.78 Å². The molecule has 140 valence electrons. The zero-order valence-corrected chi connectivity index (χ0v) is 14.9. The minimum atomic E-state index is -0.909. The van der Waals surface area contributed by atoms with Crippen LogP contribution in [0.2, 0.25) is 0 Å². The molecule has 2 heterocycles. The minimum absolute atomic E-state index is 0.00836. The van der Waals surface area contributed by atoms with Crippen LogP contribution in [0.1, 0.15) is 27.7 Å². The number of aliphatic hydroxyl groups is 1. The fourth-order valence-corrected chi connectivity index (χ4v) is 3.46. The zero-order chi connectivity index (χ0) is 19.8. The van der Waals surface area contributed by atoms with Crippen LogP contribution < -0.4 is 4.90 Å². The van der Waals surface area contributed by atoms with Crippen LogP contribution in [-0.2, 0) is 4.79 Å². The smallest absolute Gasteiger partial charge is 0.294 e. The topological polar surface area (TPSA) is 70.7 Å². The van der Waals surface area contributed by atoms with Crippen LogP contribution >= 0.6 is 0 Å². The van der Waals surface area contributed by atoms with Crippen molar-refractivity contribution in [1.29, 1.82) is 0 Å². The summed E-state index contributed by atoms with van der Waals surface area (Å²) in [6, 6.07) is 14.8. The van der Waals surface area contributed by atoms with E-state index >= 15 is 0 Å². The molecule has 0 saturated heterocycles. The number of aryl methyl sites for hydroxylation is 1.